The SMILES string of the molecule is COc1cc2nccc(Oc3ccc4c(C(=O)Nc5nc6cc(C)c(C)cc6s5)cccc4c3)c2cc1OC. The normalized spacial score (nSPS) is 11.2. The molecule has 4 aromatic carbocycles. The fourth-order valence-corrected chi connectivity index (χ4v) is 5.53. The van der Waals surface area contributed by atoms with Crippen LogP contribution in [0.2, 0.25) is 0 Å². The molecule has 39 heavy (non-hydrogen) atoms. The molecule has 0 aliphatic carbocycles. The summed E-state index contributed by atoms with van der Waals surface area (Å²) >= 11 is 1.47. The van der Waals surface area contributed by atoms with Crippen LogP contribution in [-0.2, 0) is 0 Å². The Bertz CT molecular complexity index is 1860. The number of methoxy groups -OCH3 is 2. The Labute approximate surface area is 229 Å². The number of amides is 1. The third kappa shape index (κ3) is 4.59. The van der Waals surface area contributed by atoms with Gasteiger partial charge in [0.1, 0.15) is 11.5 Å². The van der Waals surface area contributed by atoms with E-state index in [0.29, 0.717) is 33.7 Å². The van der Waals surface area contributed by atoms with Gasteiger partial charge in [0.05, 0.1) is 30.0 Å². The molecule has 0 bridgehead atoms. The number of aromatic nitrogens is 2. The predicted octanol–water partition coefficient (Wildman–Crippen LogP) is 7.68. The first kappa shape index (κ1) is 24.6. The van der Waals surface area contributed by atoms with Crippen LogP contribution >= 0.6 is 11.3 Å². The third-order valence-electron chi connectivity index (χ3n) is 6.76. The Morgan fingerprint density at radius 3 is 2.44 bits per heavy atom. The number of anilines is 1. The van der Waals surface area contributed by atoms with Crippen LogP contribution in [0.3, 0.4) is 0 Å². The molecule has 0 saturated carbocycles. The molecule has 1 N–H and O–H groups in total. The van der Waals surface area contributed by atoms with Crippen molar-refractivity contribution < 1.29 is 19.0 Å². The number of fused-ring (bicyclic) bond motifs is 3. The van der Waals surface area contributed by atoms with Gasteiger partial charge in [-0.1, -0.05) is 23.5 Å². The number of thiazole rings is 1. The molecular weight excluding hydrogens is 510 g/mol. The summed E-state index contributed by atoms with van der Waals surface area (Å²) in [5, 5.41) is 6.06. The molecule has 2 aromatic heterocycles. The quantitative estimate of drug-likeness (QED) is 0.236. The number of hydrogen-bond acceptors (Lipinski definition) is 7. The number of ether oxygens (including phenoxy) is 3. The van der Waals surface area contributed by atoms with Crippen molar-refractivity contribution in [2.24, 2.45) is 0 Å². The first-order valence-electron chi connectivity index (χ1n) is 12.3. The van der Waals surface area contributed by atoms with Gasteiger partial charge in [-0.25, -0.2) is 4.98 Å². The second-order valence-electron chi connectivity index (χ2n) is 9.20. The van der Waals surface area contributed by atoms with Crippen molar-refractivity contribution in [3.8, 4) is 23.0 Å². The van der Waals surface area contributed by atoms with Crippen molar-refractivity contribution >= 4 is 54.3 Å². The fraction of sp³-hybridized carbons (Fsp3) is 0.129. The van der Waals surface area contributed by atoms with E-state index in [0.717, 1.165) is 31.9 Å². The van der Waals surface area contributed by atoms with E-state index in [1.165, 1.54) is 22.5 Å². The molecule has 0 saturated heterocycles. The second kappa shape index (κ2) is 9.89. The van der Waals surface area contributed by atoms with E-state index in [1.54, 1.807) is 20.4 Å². The van der Waals surface area contributed by atoms with Gasteiger partial charge in [-0.2, -0.15) is 0 Å². The highest BCUT2D eigenvalue weighted by Crippen LogP contribution is 2.37. The molecule has 0 aliphatic rings. The van der Waals surface area contributed by atoms with Crippen LogP contribution in [0.1, 0.15) is 21.5 Å². The molecule has 0 atom stereocenters. The van der Waals surface area contributed by atoms with Gasteiger partial charge in [0.15, 0.2) is 16.6 Å². The Kier molecular flexibility index (Phi) is 6.24. The monoisotopic (exact) mass is 535 g/mol. The highest BCUT2D eigenvalue weighted by molar-refractivity contribution is 7.22. The zero-order chi connectivity index (χ0) is 27.1. The maximum Gasteiger partial charge on any atom is 0.258 e. The summed E-state index contributed by atoms with van der Waals surface area (Å²) < 4.78 is 18.2. The van der Waals surface area contributed by atoms with E-state index in [2.05, 4.69) is 41.3 Å². The molecule has 1 amide bonds. The Morgan fingerprint density at radius 2 is 1.62 bits per heavy atom. The van der Waals surface area contributed by atoms with E-state index < -0.39 is 0 Å². The van der Waals surface area contributed by atoms with E-state index in [1.807, 2.05) is 54.6 Å². The maximum atomic E-state index is 13.3. The lowest BCUT2D eigenvalue weighted by molar-refractivity contribution is 0.102. The summed E-state index contributed by atoms with van der Waals surface area (Å²) in [5.74, 6) is 2.26. The lowest BCUT2D eigenvalue weighted by atomic mass is 10.0. The van der Waals surface area contributed by atoms with Gasteiger partial charge in [0.25, 0.3) is 5.91 Å². The van der Waals surface area contributed by atoms with Gasteiger partial charge in [-0.3, -0.25) is 15.1 Å². The van der Waals surface area contributed by atoms with E-state index in [4.69, 9.17) is 14.2 Å². The largest absolute Gasteiger partial charge is 0.493 e. The third-order valence-corrected chi connectivity index (χ3v) is 7.69. The molecule has 194 valence electrons. The van der Waals surface area contributed by atoms with Gasteiger partial charge in [0.2, 0.25) is 0 Å². The number of benzene rings is 4. The summed E-state index contributed by atoms with van der Waals surface area (Å²) in [4.78, 5) is 22.3. The maximum absolute atomic E-state index is 13.3. The van der Waals surface area contributed by atoms with Gasteiger partial charge in [-0.15, -0.1) is 0 Å². The number of hydrogen-bond donors (Lipinski definition) is 1. The number of nitrogens with one attached hydrogen (secondary N) is 1. The van der Waals surface area contributed by atoms with Crippen LogP contribution in [0, 0.1) is 13.8 Å². The number of aryl methyl sites for hydroxylation is 2. The molecule has 8 heteroatoms. The summed E-state index contributed by atoms with van der Waals surface area (Å²) in [6, 6.07) is 21.0. The Hall–Kier alpha value is -4.69. The molecule has 0 fully saturated rings. The lowest BCUT2D eigenvalue weighted by Gasteiger charge is -2.13. The van der Waals surface area contributed by atoms with Gasteiger partial charge in [-0.05, 0) is 84.3 Å². The van der Waals surface area contributed by atoms with Crippen LogP contribution in [0.5, 0.6) is 23.0 Å². The lowest BCUT2D eigenvalue weighted by Crippen LogP contribution is -2.12. The second-order valence-corrected chi connectivity index (χ2v) is 10.2. The average Bonchev–Trinajstić information content (AvgIpc) is 3.32. The Balaban J connectivity index is 1.30. The highest BCUT2D eigenvalue weighted by Gasteiger charge is 2.15. The molecule has 0 aliphatic heterocycles. The van der Waals surface area contributed by atoms with E-state index >= 15 is 0 Å². The molecule has 7 nitrogen and oxygen atoms in total. The molecule has 6 aromatic rings. The average molecular weight is 536 g/mol. The first-order valence-corrected chi connectivity index (χ1v) is 13.2. The van der Waals surface area contributed by atoms with Crippen molar-refractivity contribution in [1.82, 2.24) is 9.97 Å². The van der Waals surface area contributed by atoms with Crippen LogP contribution in [-0.4, -0.2) is 30.1 Å². The number of rotatable bonds is 6. The topological polar surface area (TPSA) is 82.6 Å². The fourth-order valence-electron chi connectivity index (χ4n) is 4.58. The molecule has 2 heterocycles. The van der Waals surface area contributed by atoms with Crippen LogP contribution in [0.15, 0.2) is 72.9 Å². The predicted molar refractivity (Wildman–Crippen MR) is 156 cm³/mol. The van der Waals surface area contributed by atoms with E-state index in [-0.39, 0.29) is 5.91 Å². The summed E-state index contributed by atoms with van der Waals surface area (Å²) in [6.07, 6.45) is 1.69. The summed E-state index contributed by atoms with van der Waals surface area (Å²) in [6.45, 7) is 4.14. The standard InChI is InChI=1S/C31H25N3O4S/c1-17-12-25-29(13-18(17)2)39-31(33-25)34-30(35)22-7-5-6-19-14-20(8-9-21(19)22)38-26-10-11-32-24-16-28(37-4)27(36-3)15-23(24)26/h5-16H,1-4H3,(H,33,34,35). The summed E-state index contributed by atoms with van der Waals surface area (Å²) in [7, 11) is 3.19. The molecule has 6 rings (SSSR count). The van der Waals surface area contributed by atoms with Crippen molar-refractivity contribution in [2.75, 3.05) is 19.5 Å². The smallest absolute Gasteiger partial charge is 0.258 e. The molecule has 0 spiro atoms. The molecule has 0 unspecified atom stereocenters. The first-order chi connectivity index (χ1) is 18.9. The van der Waals surface area contributed by atoms with Crippen molar-refractivity contribution in [1.29, 1.82) is 0 Å². The number of carbonyl (C=O) groups excluding carboxylic acids is 1. The van der Waals surface area contributed by atoms with Gasteiger partial charge < -0.3 is 14.2 Å². The van der Waals surface area contributed by atoms with E-state index in [9.17, 15) is 4.79 Å². The molecular formula is C31H25N3O4S. The van der Waals surface area contributed by atoms with Crippen LogP contribution in [0.25, 0.3) is 31.9 Å². The molecule has 0 radical (unpaired) electrons. The highest BCUT2D eigenvalue weighted by atomic mass is 32.1. The summed E-state index contributed by atoms with van der Waals surface area (Å²) in [5.41, 5.74) is 4.56. The van der Waals surface area contributed by atoms with Gasteiger partial charge in [0, 0.05) is 23.2 Å². The number of nitrogens with zero attached hydrogens (tertiary/aromatic N) is 2. The van der Waals surface area contributed by atoms with Gasteiger partial charge >= 0.3 is 0 Å². The van der Waals surface area contributed by atoms with Crippen molar-refractivity contribution in [2.45, 2.75) is 13.8 Å². The van der Waals surface area contributed by atoms with Crippen molar-refractivity contribution in [3.05, 3.63) is 89.6 Å². The number of pyridine rings is 1. The number of carbonyl (C=O) groups is 1. The van der Waals surface area contributed by atoms with Crippen LogP contribution in [0.4, 0.5) is 5.13 Å². The zero-order valence-corrected chi connectivity index (χ0v) is 22.7. The van der Waals surface area contributed by atoms with Crippen molar-refractivity contribution in [3.63, 3.8) is 0 Å². The minimum absolute atomic E-state index is 0.206. The minimum atomic E-state index is -0.206. The van der Waals surface area contributed by atoms with Crippen LogP contribution < -0.4 is 19.5 Å². The Morgan fingerprint density at radius 1 is 0.821 bits per heavy atom. The zero-order valence-electron chi connectivity index (χ0n) is 21.9. The minimum Gasteiger partial charge on any atom is -0.493 e.